The van der Waals surface area contributed by atoms with Gasteiger partial charge in [-0.3, -0.25) is 14.5 Å². The number of amides is 3. The molecule has 29 heavy (non-hydrogen) atoms. The summed E-state index contributed by atoms with van der Waals surface area (Å²) >= 11 is 0. The van der Waals surface area contributed by atoms with Crippen LogP contribution in [0.25, 0.3) is 0 Å². The van der Waals surface area contributed by atoms with Crippen LogP contribution in [-0.2, 0) is 9.53 Å². The first-order chi connectivity index (χ1) is 13.9. The smallest absolute Gasteiger partial charge is 0.410 e. The number of benzene rings is 1. The molecule has 7 heteroatoms. The maximum absolute atomic E-state index is 13.0. The molecule has 156 valence electrons. The van der Waals surface area contributed by atoms with Gasteiger partial charge in [0, 0.05) is 37.7 Å². The highest BCUT2D eigenvalue weighted by Crippen LogP contribution is 2.32. The molecule has 0 unspecified atom stereocenters. The van der Waals surface area contributed by atoms with Gasteiger partial charge in [0.1, 0.15) is 6.10 Å². The van der Waals surface area contributed by atoms with Crippen LogP contribution in [0.3, 0.4) is 0 Å². The van der Waals surface area contributed by atoms with Crippen LogP contribution in [0.4, 0.5) is 4.79 Å². The Kier molecular flexibility index (Phi) is 5.23. The first-order valence-electron chi connectivity index (χ1n) is 10.5. The second-order valence-corrected chi connectivity index (χ2v) is 8.32. The highest BCUT2D eigenvalue weighted by molar-refractivity contribution is 5.96. The number of fused-ring (bicyclic) bond motifs is 1. The molecular formula is C22H29N3O4. The monoisotopic (exact) mass is 399 g/mol. The number of carbonyl (C=O) groups excluding carboxylic acids is 3. The van der Waals surface area contributed by atoms with Gasteiger partial charge in [0.05, 0.1) is 12.6 Å². The third-order valence-electron chi connectivity index (χ3n) is 6.69. The Morgan fingerprint density at radius 3 is 2.52 bits per heavy atom. The number of rotatable bonds is 3. The van der Waals surface area contributed by atoms with E-state index >= 15 is 0 Å². The van der Waals surface area contributed by atoms with Crippen LogP contribution >= 0.6 is 0 Å². The van der Waals surface area contributed by atoms with E-state index in [4.69, 9.17) is 4.74 Å². The number of aryl methyl sites for hydroxylation is 1. The zero-order chi connectivity index (χ0) is 20.7. The van der Waals surface area contributed by atoms with Crippen molar-refractivity contribution in [2.24, 2.45) is 0 Å². The molecule has 0 aromatic heterocycles. The van der Waals surface area contributed by atoms with Gasteiger partial charge >= 0.3 is 6.09 Å². The molecule has 3 heterocycles. The lowest BCUT2D eigenvalue weighted by molar-refractivity contribution is -0.130. The van der Waals surface area contributed by atoms with Gasteiger partial charge in [0.2, 0.25) is 5.91 Å². The molecule has 3 aliphatic rings. The predicted molar refractivity (Wildman–Crippen MR) is 108 cm³/mol. The zero-order valence-corrected chi connectivity index (χ0v) is 17.4. The molecule has 1 aromatic rings. The third-order valence-corrected chi connectivity index (χ3v) is 6.69. The molecule has 0 radical (unpaired) electrons. The molecule has 2 atom stereocenters. The molecule has 4 rings (SSSR count). The largest absolute Gasteiger partial charge is 0.442 e. The average Bonchev–Trinajstić information content (AvgIpc) is 3.25. The van der Waals surface area contributed by atoms with Gasteiger partial charge in [0.15, 0.2) is 0 Å². The van der Waals surface area contributed by atoms with E-state index in [-0.39, 0.29) is 36.1 Å². The van der Waals surface area contributed by atoms with Gasteiger partial charge < -0.3 is 14.5 Å². The second kappa shape index (κ2) is 7.69. The van der Waals surface area contributed by atoms with Crippen LogP contribution in [0.2, 0.25) is 0 Å². The molecule has 0 aliphatic carbocycles. The maximum Gasteiger partial charge on any atom is 0.410 e. The van der Waals surface area contributed by atoms with Crippen molar-refractivity contribution in [2.75, 3.05) is 26.2 Å². The third kappa shape index (κ3) is 3.47. The number of piperidine rings is 1. The Bertz CT molecular complexity index is 831. The van der Waals surface area contributed by atoms with E-state index in [1.165, 1.54) is 0 Å². The molecule has 3 fully saturated rings. The zero-order valence-electron chi connectivity index (χ0n) is 17.4. The first kappa shape index (κ1) is 19.7. The summed E-state index contributed by atoms with van der Waals surface area (Å²) in [7, 11) is 0. The molecule has 0 bridgehead atoms. The standard InChI is InChI=1S/C22H29N3O4/c1-4-20(26)24-12-18-19(13-24)29-22(28)25(18)16-8-10-23(11-9-16)21(27)17-7-5-6-14(2)15(17)3/h5-7,16,18-19H,4,8-13H2,1-3H3/t18-,19+/m1/s1. The Morgan fingerprint density at radius 2 is 1.83 bits per heavy atom. The fourth-order valence-electron chi connectivity index (χ4n) is 4.81. The molecule has 0 spiro atoms. The van der Waals surface area contributed by atoms with Crippen molar-refractivity contribution in [1.82, 2.24) is 14.7 Å². The Balaban J connectivity index is 1.40. The van der Waals surface area contributed by atoms with E-state index in [9.17, 15) is 14.4 Å². The topological polar surface area (TPSA) is 70.2 Å². The summed E-state index contributed by atoms with van der Waals surface area (Å²) in [6.07, 6.45) is 1.43. The van der Waals surface area contributed by atoms with E-state index in [0.717, 1.165) is 29.5 Å². The highest BCUT2D eigenvalue weighted by atomic mass is 16.6. The molecule has 0 saturated carbocycles. The van der Waals surface area contributed by atoms with Crippen molar-refractivity contribution < 1.29 is 19.1 Å². The molecular weight excluding hydrogens is 370 g/mol. The summed E-state index contributed by atoms with van der Waals surface area (Å²) in [6.45, 7) is 8.13. The molecule has 0 N–H and O–H groups in total. The minimum atomic E-state index is -0.275. The van der Waals surface area contributed by atoms with Crippen molar-refractivity contribution in [2.45, 2.75) is 58.2 Å². The summed E-state index contributed by atoms with van der Waals surface area (Å²) in [5.41, 5.74) is 2.90. The van der Waals surface area contributed by atoms with Crippen LogP contribution in [0.15, 0.2) is 18.2 Å². The lowest BCUT2D eigenvalue weighted by Gasteiger charge is -2.38. The van der Waals surface area contributed by atoms with E-state index < -0.39 is 0 Å². The van der Waals surface area contributed by atoms with Gasteiger partial charge in [-0.15, -0.1) is 0 Å². The normalized spacial score (nSPS) is 24.7. The summed E-state index contributed by atoms with van der Waals surface area (Å²) in [5.74, 6) is 0.163. The number of nitrogens with zero attached hydrogens (tertiary/aromatic N) is 3. The second-order valence-electron chi connectivity index (χ2n) is 8.32. The molecule has 3 amide bonds. The quantitative estimate of drug-likeness (QED) is 0.782. The lowest BCUT2D eigenvalue weighted by Crippen LogP contribution is -2.51. The van der Waals surface area contributed by atoms with Gasteiger partial charge in [-0.05, 0) is 43.9 Å². The van der Waals surface area contributed by atoms with E-state index in [0.29, 0.717) is 32.6 Å². The number of carbonyl (C=O) groups is 3. The number of hydrogen-bond acceptors (Lipinski definition) is 4. The SMILES string of the molecule is CCC(=O)N1C[C@@H]2OC(=O)N(C3CCN(C(=O)c4cccc(C)c4C)CC3)[C@@H]2C1. The first-order valence-corrected chi connectivity index (χ1v) is 10.5. The summed E-state index contributed by atoms with van der Waals surface area (Å²) < 4.78 is 5.56. The molecule has 3 aliphatic heterocycles. The van der Waals surface area contributed by atoms with Gasteiger partial charge in [0.25, 0.3) is 5.91 Å². The Labute approximate surface area is 171 Å². The molecule has 7 nitrogen and oxygen atoms in total. The predicted octanol–water partition coefficient (Wildman–Crippen LogP) is 2.35. The number of hydrogen-bond donors (Lipinski definition) is 0. The van der Waals surface area contributed by atoms with Gasteiger partial charge in [-0.25, -0.2) is 4.79 Å². The van der Waals surface area contributed by atoms with Gasteiger partial charge in [-0.1, -0.05) is 19.1 Å². The summed E-state index contributed by atoms with van der Waals surface area (Å²) in [4.78, 5) is 43.0. The van der Waals surface area contributed by atoms with Crippen LogP contribution < -0.4 is 0 Å². The Hall–Kier alpha value is -2.57. The molecule has 3 saturated heterocycles. The van der Waals surface area contributed by atoms with Crippen LogP contribution in [-0.4, -0.2) is 77.0 Å². The van der Waals surface area contributed by atoms with Crippen molar-refractivity contribution in [3.63, 3.8) is 0 Å². The number of ether oxygens (including phenoxy) is 1. The van der Waals surface area contributed by atoms with Crippen LogP contribution in [0.1, 0.15) is 47.7 Å². The van der Waals surface area contributed by atoms with Crippen LogP contribution in [0, 0.1) is 13.8 Å². The lowest BCUT2D eigenvalue weighted by atomic mass is 9.98. The van der Waals surface area contributed by atoms with Crippen molar-refractivity contribution >= 4 is 17.9 Å². The van der Waals surface area contributed by atoms with E-state index in [1.807, 2.05) is 48.8 Å². The number of likely N-dealkylation sites (tertiary alicyclic amines) is 2. The van der Waals surface area contributed by atoms with Crippen LogP contribution in [0.5, 0.6) is 0 Å². The highest BCUT2D eigenvalue weighted by Gasteiger charge is 2.51. The summed E-state index contributed by atoms with van der Waals surface area (Å²) in [5, 5.41) is 0. The molecule has 1 aromatic carbocycles. The average molecular weight is 399 g/mol. The fraction of sp³-hybridized carbons (Fsp3) is 0.591. The maximum atomic E-state index is 13.0. The van der Waals surface area contributed by atoms with Crippen molar-refractivity contribution in [3.05, 3.63) is 34.9 Å². The minimum absolute atomic E-state index is 0.0526. The fourth-order valence-corrected chi connectivity index (χ4v) is 4.81. The Morgan fingerprint density at radius 1 is 1.10 bits per heavy atom. The minimum Gasteiger partial charge on any atom is -0.442 e. The van der Waals surface area contributed by atoms with Crippen molar-refractivity contribution in [1.29, 1.82) is 0 Å². The van der Waals surface area contributed by atoms with Gasteiger partial charge in [-0.2, -0.15) is 0 Å². The summed E-state index contributed by atoms with van der Waals surface area (Å²) in [6, 6.07) is 5.81. The van der Waals surface area contributed by atoms with E-state index in [1.54, 1.807) is 4.90 Å². The van der Waals surface area contributed by atoms with E-state index in [2.05, 4.69) is 0 Å². The van der Waals surface area contributed by atoms with Crippen molar-refractivity contribution in [3.8, 4) is 0 Å².